The summed E-state index contributed by atoms with van der Waals surface area (Å²) in [5.74, 6) is -2.43. The second kappa shape index (κ2) is 7.01. The first-order valence-corrected chi connectivity index (χ1v) is 10.2. The fourth-order valence-corrected chi connectivity index (χ4v) is 4.29. The third kappa shape index (κ3) is 3.34. The zero-order valence-corrected chi connectivity index (χ0v) is 16.2. The summed E-state index contributed by atoms with van der Waals surface area (Å²) in [7, 11) is 0. The van der Waals surface area contributed by atoms with Crippen LogP contribution >= 0.6 is 0 Å². The van der Waals surface area contributed by atoms with Crippen LogP contribution in [-0.4, -0.2) is 53.7 Å². The number of carboxylic acid groups (broad SMARTS) is 1. The average Bonchev–Trinajstić information content (AvgIpc) is 3.61. The molecule has 1 aromatic carbocycles. The highest BCUT2D eigenvalue weighted by molar-refractivity contribution is 5.93. The van der Waals surface area contributed by atoms with Crippen molar-refractivity contribution in [3.05, 3.63) is 39.9 Å². The molecule has 1 aliphatic heterocycles. The van der Waals surface area contributed by atoms with Crippen LogP contribution in [-0.2, 0) is 0 Å². The van der Waals surface area contributed by atoms with E-state index < -0.39 is 41.2 Å². The van der Waals surface area contributed by atoms with E-state index in [1.54, 1.807) is 4.90 Å². The van der Waals surface area contributed by atoms with E-state index >= 15 is 0 Å². The van der Waals surface area contributed by atoms with Crippen molar-refractivity contribution in [3.63, 3.8) is 0 Å². The number of benzene rings is 1. The van der Waals surface area contributed by atoms with Crippen molar-refractivity contribution in [2.24, 2.45) is 5.92 Å². The van der Waals surface area contributed by atoms with Gasteiger partial charge in [-0.1, -0.05) is 0 Å². The van der Waals surface area contributed by atoms with E-state index in [2.05, 4.69) is 5.32 Å². The molecule has 6 nitrogen and oxygen atoms in total. The Morgan fingerprint density at radius 3 is 2.57 bits per heavy atom. The minimum absolute atomic E-state index is 0.0338. The van der Waals surface area contributed by atoms with Crippen molar-refractivity contribution in [3.8, 4) is 0 Å². The van der Waals surface area contributed by atoms with Crippen LogP contribution in [0, 0.1) is 11.7 Å². The fourth-order valence-electron chi connectivity index (χ4n) is 4.29. The molecule has 4 atom stereocenters. The van der Waals surface area contributed by atoms with Crippen molar-refractivity contribution in [1.29, 1.82) is 0 Å². The van der Waals surface area contributed by atoms with Gasteiger partial charge in [0.25, 0.3) is 0 Å². The van der Waals surface area contributed by atoms with Gasteiger partial charge in [-0.05, 0) is 25.0 Å². The van der Waals surface area contributed by atoms with Gasteiger partial charge in [0.2, 0.25) is 5.43 Å². The number of anilines is 1. The molecule has 0 radical (unpaired) electrons. The molecule has 9 heteroatoms. The van der Waals surface area contributed by atoms with Crippen LogP contribution < -0.4 is 15.6 Å². The summed E-state index contributed by atoms with van der Waals surface area (Å²) < 4.78 is 44.7. The Balaban J connectivity index is 1.53. The second-order valence-corrected chi connectivity index (χ2v) is 8.59. The number of nitrogens with one attached hydrogen (secondary N) is 1. The van der Waals surface area contributed by atoms with Crippen molar-refractivity contribution in [2.45, 2.75) is 43.7 Å². The van der Waals surface area contributed by atoms with Gasteiger partial charge in [0.15, 0.2) is 0 Å². The molecule has 0 amide bonds. The molecule has 2 aliphatic carbocycles. The molecule has 160 valence electrons. The number of hydrogen-bond acceptors (Lipinski definition) is 4. The van der Waals surface area contributed by atoms with Gasteiger partial charge >= 0.3 is 5.97 Å². The van der Waals surface area contributed by atoms with Crippen LogP contribution in [0.25, 0.3) is 10.9 Å². The molecular formula is C21H22F3N3O3. The quantitative estimate of drug-likeness (QED) is 0.750. The van der Waals surface area contributed by atoms with E-state index in [0.29, 0.717) is 19.1 Å². The molecule has 1 saturated heterocycles. The highest BCUT2D eigenvalue weighted by Gasteiger charge is 2.41. The van der Waals surface area contributed by atoms with E-state index in [1.165, 1.54) is 10.6 Å². The van der Waals surface area contributed by atoms with Crippen LogP contribution in [0.4, 0.5) is 18.9 Å². The molecule has 0 bridgehead atoms. The number of hydrogen-bond donors (Lipinski definition) is 2. The number of pyridine rings is 1. The summed E-state index contributed by atoms with van der Waals surface area (Å²) in [5.41, 5.74) is -0.926. The van der Waals surface area contributed by atoms with Gasteiger partial charge in [-0.3, -0.25) is 4.79 Å². The molecule has 30 heavy (non-hydrogen) atoms. The number of nitrogens with zero attached hydrogens (tertiary/aromatic N) is 2. The van der Waals surface area contributed by atoms with Crippen molar-refractivity contribution in [1.82, 2.24) is 9.88 Å². The first kappa shape index (κ1) is 19.4. The zero-order valence-electron chi connectivity index (χ0n) is 16.2. The molecule has 2 N–H and O–H groups in total. The maximum atomic E-state index is 14.9. The van der Waals surface area contributed by atoms with Gasteiger partial charge in [0, 0.05) is 49.6 Å². The highest BCUT2D eigenvalue weighted by atomic mass is 19.1. The summed E-state index contributed by atoms with van der Waals surface area (Å²) in [5, 5.41) is 12.5. The Bertz CT molecular complexity index is 1080. The van der Waals surface area contributed by atoms with Gasteiger partial charge in [-0.25, -0.2) is 18.0 Å². The smallest absolute Gasteiger partial charge is 0.341 e. The lowest BCUT2D eigenvalue weighted by Gasteiger charge is -2.21. The monoisotopic (exact) mass is 421 g/mol. The van der Waals surface area contributed by atoms with E-state index in [1.807, 2.05) is 0 Å². The van der Waals surface area contributed by atoms with Crippen LogP contribution in [0.2, 0.25) is 0 Å². The maximum absolute atomic E-state index is 14.9. The van der Waals surface area contributed by atoms with Crippen molar-refractivity contribution >= 4 is 22.6 Å². The summed E-state index contributed by atoms with van der Waals surface area (Å²) in [6.07, 6.45) is 1.27. The molecule has 4 unspecified atom stereocenters. The van der Waals surface area contributed by atoms with Gasteiger partial charge in [-0.15, -0.1) is 0 Å². The molecule has 2 aromatic rings. The van der Waals surface area contributed by atoms with Gasteiger partial charge < -0.3 is 19.9 Å². The third-order valence-corrected chi connectivity index (χ3v) is 6.32. The van der Waals surface area contributed by atoms with Crippen molar-refractivity contribution < 1.29 is 23.1 Å². The number of rotatable bonds is 6. The topological polar surface area (TPSA) is 74.6 Å². The van der Waals surface area contributed by atoms with Crippen LogP contribution in [0.5, 0.6) is 0 Å². The first-order valence-electron chi connectivity index (χ1n) is 10.2. The van der Waals surface area contributed by atoms with E-state index in [0.717, 1.165) is 25.1 Å². The number of aromatic nitrogens is 1. The minimum atomic E-state index is -1.44. The highest BCUT2D eigenvalue weighted by Crippen LogP contribution is 2.41. The van der Waals surface area contributed by atoms with Gasteiger partial charge in [-0.2, -0.15) is 0 Å². The summed E-state index contributed by atoms with van der Waals surface area (Å²) in [4.78, 5) is 25.6. The zero-order chi connectivity index (χ0) is 21.2. The van der Waals surface area contributed by atoms with Crippen molar-refractivity contribution in [2.75, 3.05) is 24.5 Å². The number of carboxylic acids is 1. The van der Waals surface area contributed by atoms with Crippen LogP contribution in [0.15, 0.2) is 23.1 Å². The Morgan fingerprint density at radius 2 is 1.93 bits per heavy atom. The number of aromatic carboxylic acids is 1. The van der Waals surface area contributed by atoms with Gasteiger partial charge in [0.1, 0.15) is 23.7 Å². The molecule has 3 aliphatic rings. The second-order valence-electron chi connectivity index (χ2n) is 8.59. The predicted molar refractivity (Wildman–Crippen MR) is 105 cm³/mol. The largest absolute Gasteiger partial charge is 0.477 e. The van der Waals surface area contributed by atoms with E-state index in [-0.39, 0.29) is 35.5 Å². The molecule has 1 aromatic heterocycles. The molecular weight excluding hydrogens is 399 g/mol. The fraction of sp³-hybridized carbons (Fsp3) is 0.524. The lowest BCUT2D eigenvalue weighted by Crippen LogP contribution is -2.30. The molecule has 5 rings (SSSR count). The minimum Gasteiger partial charge on any atom is -0.477 e. The standard InChI is InChI=1S/C21H22F3N3O3/c22-14-3-12-17(27(19-4-15(19)23)8-13(20(12)28)21(29)30)5-18(14)26-7-10(16(24)9-26)6-25-11-1-2-11/h3,5,8,10-11,15-16,19,25H,1-2,4,6-7,9H2,(H,29,30). The number of carbonyl (C=O) groups is 1. The average molecular weight is 421 g/mol. The number of halogens is 3. The van der Waals surface area contributed by atoms with E-state index in [9.17, 15) is 27.9 Å². The molecule has 2 heterocycles. The van der Waals surface area contributed by atoms with Crippen LogP contribution in [0.1, 0.15) is 35.7 Å². The summed E-state index contributed by atoms with van der Waals surface area (Å²) >= 11 is 0. The summed E-state index contributed by atoms with van der Waals surface area (Å²) in [6, 6.07) is 2.28. The normalized spacial score (nSPS) is 28.3. The lowest BCUT2D eigenvalue weighted by atomic mass is 10.1. The molecule has 0 spiro atoms. The lowest BCUT2D eigenvalue weighted by molar-refractivity contribution is 0.0694. The summed E-state index contributed by atoms with van der Waals surface area (Å²) in [6.45, 7) is 0.887. The predicted octanol–water partition coefficient (Wildman–Crippen LogP) is 2.65. The Hall–Kier alpha value is -2.55. The van der Waals surface area contributed by atoms with E-state index in [4.69, 9.17) is 0 Å². The third-order valence-electron chi connectivity index (χ3n) is 6.32. The number of fused-ring (bicyclic) bond motifs is 1. The Labute approximate surface area is 170 Å². The maximum Gasteiger partial charge on any atom is 0.341 e. The molecule has 3 fully saturated rings. The SMILES string of the molecule is O=C(O)c1cn(C2CC2F)c2cc(N3CC(F)C(CNC4CC4)C3)c(F)cc2c1=O. The van der Waals surface area contributed by atoms with Crippen LogP contribution in [0.3, 0.4) is 0 Å². The Morgan fingerprint density at radius 1 is 1.20 bits per heavy atom. The van der Waals surface area contributed by atoms with Gasteiger partial charge in [0.05, 0.1) is 17.2 Å². The first-order chi connectivity index (χ1) is 14.3. The molecule has 2 saturated carbocycles. The number of alkyl halides is 2. The Kier molecular flexibility index (Phi) is 4.53.